The fraction of sp³-hybridized carbons (Fsp3) is 0.227. The molecule has 0 aliphatic carbocycles. The maximum atomic E-state index is 12.5. The molecule has 0 atom stereocenters. The molecule has 0 saturated carbocycles. The lowest BCUT2D eigenvalue weighted by Gasteiger charge is -2.08. The van der Waals surface area contributed by atoms with Gasteiger partial charge in [-0.25, -0.2) is 13.1 Å². The van der Waals surface area contributed by atoms with E-state index in [0.29, 0.717) is 30.3 Å². The molecule has 0 amide bonds. The van der Waals surface area contributed by atoms with Crippen molar-refractivity contribution in [3.05, 3.63) is 83.2 Å². The summed E-state index contributed by atoms with van der Waals surface area (Å²) in [6, 6.07) is 18.7. The molecule has 4 aromatic rings. The molecule has 0 unspecified atom stereocenters. The van der Waals surface area contributed by atoms with Crippen molar-refractivity contribution in [3.8, 4) is 0 Å². The molecule has 0 radical (unpaired) electrons. The fourth-order valence-electron chi connectivity index (χ4n) is 3.08. The Morgan fingerprint density at radius 1 is 0.871 bits per heavy atom. The van der Waals surface area contributed by atoms with Gasteiger partial charge < -0.3 is 5.32 Å². The molecule has 0 spiro atoms. The lowest BCUT2D eigenvalue weighted by atomic mass is 10.1. The zero-order valence-electron chi connectivity index (χ0n) is 17.4. The number of fused-ring (bicyclic) bond motifs is 1. The maximum absolute atomic E-state index is 12.5. The highest BCUT2D eigenvalue weighted by Crippen LogP contribution is 2.12. The topological polar surface area (TPSA) is 101 Å². The molecular weight excluding hydrogens is 412 g/mol. The van der Waals surface area contributed by atoms with E-state index >= 15 is 0 Å². The summed E-state index contributed by atoms with van der Waals surface area (Å²) in [6.45, 7) is 4.81. The first-order valence-electron chi connectivity index (χ1n) is 9.98. The summed E-state index contributed by atoms with van der Waals surface area (Å²) in [5.74, 6) is 1.27. The average molecular weight is 437 g/mol. The van der Waals surface area contributed by atoms with E-state index in [1.807, 2.05) is 19.1 Å². The molecule has 2 aromatic carbocycles. The van der Waals surface area contributed by atoms with Crippen LogP contribution in [0.2, 0.25) is 0 Å². The van der Waals surface area contributed by atoms with Gasteiger partial charge in [-0.15, -0.1) is 15.3 Å². The number of anilines is 1. The minimum absolute atomic E-state index is 0.194. The van der Waals surface area contributed by atoms with Crippen molar-refractivity contribution in [2.45, 2.75) is 31.7 Å². The Labute approximate surface area is 181 Å². The van der Waals surface area contributed by atoms with Gasteiger partial charge in [-0.1, -0.05) is 47.5 Å². The van der Waals surface area contributed by atoms with Crippen LogP contribution in [0, 0.1) is 13.8 Å². The first kappa shape index (κ1) is 21.0. The zero-order valence-corrected chi connectivity index (χ0v) is 18.2. The first-order chi connectivity index (χ1) is 14.9. The summed E-state index contributed by atoms with van der Waals surface area (Å²) < 4.78 is 29.1. The number of aromatic nitrogens is 4. The summed E-state index contributed by atoms with van der Waals surface area (Å²) in [7, 11) is -3.57. The highest BCUT2D eigenvalue weighted by Gasteiger charge is 2.14. The van der Waals surface area contributed by atoms with E-state index in [4.69, 9.17) is 0 Å². The Balaban J connectivity index is 1.41. The third-order valence-corrected chi connectivity index (χ3v) is 6.37. The monoisotopic (exact) mass is 436 g/mol. The predicted molar refractivity (Wildman–Crippen MR) is 119 cm³/mol. The molecular formula is C22H24N6O2S. The summed E-state index contributed by atoms with van der Waals surface area (Å²) in [5.41, 5.74) is 3.99. The molecule has 0 aliphatic heterocycles. The molecule has 2 N–H and O–H groups in total. The van der Waals surface area contributed by atoms with Crippen LogP contribution in [0.1, 0.15) is 22.5 Å². The molecule has 9 heteroatoms. The van der Waals surface area contributed by atoms with Gasteiger partial charge in [-0.05, 0) is 43.7 Å². The number of sulfonamides is 1. The van der Waals surface area contributed by atoms with Crippen LogP contribution in [-0.2, 0) is 23.0 Å². The van der Waals surface area contributed by atoms with Crippen molar-refractivity contribution in [2.75, 3.05) is 11.9 Å². The third-order valence-electron chi connectivity index (χ3n) is 4.89. The SMILES string of the molecule is Cc1ccc(CNc2ccc3nnc(CCNS(=O)(=O)c4ccc(C)cc4)n3n2)cc1. The predicted octanol–water partition coefficient (Wildman–Crippen LogP) is 2.87. The van der Waals surface area contributed by atoms with Gasteiger partial charge in [0.15, 0.2) is 11.5 Å². The van der Waals surface area contributed by atoms with E-state index in [1.54, 1.807) is 28.8 Å². The third kappa shape index (κ3) is 5.07. The summed E-state index contributed by atoms with van der Waals surface area (Å²) in [5, 5.41) is 16.1. The lowest BCUT2D eigenvalue weighted by molar-refractivity contribution is 0.580. The molecule has 0 fully saturated rings. The molecule has 2 heterocycles. The molecule has 0 aliphatic rings. The van der Waals surface area contributed by atoms with E-state index in [-0.39, 0.29) is 11.4 Å². The van der Waals surface area contributed by atoms with Gasteiger partial charge in [0.25, 0.3) is 0 Å². The van der Waals surface area contributed by atoms with Gasteiger partial charge >= 0.3 is 0 Å². The van der Waals surface area contributed by atoms with Crippen LogP contribution in [0.5, 0.6) is 0 Å². The Bertz CT molecular complexity index is 1280. The van der Waals surface area contributed by atoms with Crippen molar-refractivity contribution in [1.29, 1.82) is 0 Å². The van der Waals surface area contributed by atoms with Gasteiger partial charge in [0.2, 0.25) is 10.0 Å². The second-order valence-corrected chi connectivity index (χ2v) is 9.17. The Morgan fingerprint density at radius 3 is 2.26 bits per heavy atom. The largest absolute Gasteiger partial charge is 0.365 e. The van der Waals surface area contributed by atoms with Crippen LogP contribution >= 0.6 is 0 Å². The van der Waals surface area contributed by atoms with Crippen LogP contribution < -0.4 is 10.0 Å². The van der Waals surface area contributed by atoms with E-state index in [2.05, 4.69) is 56.5 Å². The molecule has 31 heavy (non-hydrogen) atoms. The minimum atomic E-state index is -3.57. The van der Waals surface area contributed by atoms with E-state index in [0.717, 1.165) is 11.1 Å². The molecule has 4 rings (SSSR count). The second kappa shape index (κ2) is 8.83. The fourth-order valence-corrected chi connectivity index (χ4v) is 4.11. The van der Waals surface area contributed by atoms with Crippen molar-refractivity contribution < 1.29 is 8.42 Å². The number of hydrogen-bond donors (Lipinski definition) is 2. The number of nitrogens with zero attached hydrogens (tertiary/aromatic N) is 4. The number of aryl methyl sites for hydroxylation is 2. The molecule has 0 bridgehead atoms. The summed E-state index contributed by atoms with van der Waals surface area (Å²) in [6.07, 6.45) is 0.362. The molecule has 0 saturated heterocycles. The van der Waals surface area contributed by atoms with Gasteiger partial charge in [-0.2, -0.15) is 4.52 Å². The van der Waals surface area contributed by atoms with Crippen LogP contribution in [-0.4, -0.2) is 34.8 Å². The lowest BCUT2D eigenvalue weighted by Crippen LogP contribution is -2.26. The Morgan fingerprint density at radius 2 is 1.55 bits per heavy atom. The van der Waals surface area contributed by atoms with Crippen molar-refractivity contribution in [3.63, 3.8) is 0 Å². The quantitative estimate of drug-likeness (QED) is 0.440. The normalized spacial score (nSPS) is 11.7. The molecule has 160 valence electrons. The number of nitrogens with one attached hydrogen (secondary N) is 2. The van der Waals surface area contributed by atoms with Crippen LogP contribution in [0.4, 0.5) is 5.82 Å². The minimum Gasteiger partial charge on any atom is -0.365 e. The van der Waals surface area contributed by atoms with E-state index in [9.17, 15) is 8.42 Å². The van der Waals surface area contributed by atoms with Gasteiger partial charge in [0.1, 0.15) is 5.82 Å². The van der Waals surface area contributed by atoms with Crippen LogP contribution in [0.25, 0.3) is 5.65 Å². The van der Waals surface area contributed by atoms with Gasteiger partial charge in [0.05, 0.1) is 4.90 Å². The number of benzene rings is 2. The maximum Gasteiger partial charge on any atom is 0.240 e. The van der Waals surface area contributed by atoms with E-state index in [1.165, 1.54) is 5.56 Å². The highest BCUT2D eigenvalue weighted by molar-refractivity contribution is 7.89. The Kier molecular flexibility index (Phi) is 5.97. The van der Waals surface area contributed by atoms with Crippen molar-refractivity contribution in [1.82, 2.24) is 24.5 Å². The van der Waals surface area contributed by atoms with Gasteiger partial charge in [-0.3, -0.25) is 0 Å². The van der Waals surface area contributed by atoms with Crippen LogP contribution in [0.15, 0.2) is 65.6 Å². The Hall–Kier alpha value is -3.30. The zero-order chi connectivity index (χ0) is 21.8. The average Bonchev–Trinajstić information content (AvgIpc) is 3.16. The molecule has 2 aromatic heterocycles. The highest BCUT2D eigenvalue weighted by atomic mass is 32.2. The van der Waals surface area contributed by atoms with E-state index < -0.39 is 10.0 Å². The van der Waals surface area contributed by atoms with Crippen LogP contribution in [0.3, 0.4) is 0 Å². The number of hydrogen-bond acceptors (Lipinski definition) is 6. The smallest absolute Gasteiger partial charge is 0.240 e. The standard InChI is InChI=1S/C22H24N6O2S/c1-16-3-7-18(8-4-16)15-23-20-11-12-21-25-26-22(28(21)27-20)13-14-24-31(29,30)19-9-5-17(2)6-10-19/h3-12,24H,13-15H2,1-2H3,(H,23,27). The summed E-state index contributed by atoms with van der Waals surface area (Å²) in [4.78, 5) is 0.241. The summed E-state index contributed by atoms with van der Waals surface area (Å²) >= 11 is 0. The van der Waals surface area contributed by atoms with Crippen molar-refractivity contribution >= 4 is 21.5 Å². The second-order valence-electron chi connectivity index (χ2n) is 7.40. The first-order valence-corrected chi connectivity index (χ1v) is 11.5. The molecule has 8 nitrogen and oxygen atoms in total. The number of rotatable bonds is 8. The van der Waals surface area contributed by atoms with Crippen molar-refractivity contribution in [2.24, 2.45) is 0 Å². The van der Waals surface area contributed by atoms with Gasteiger partial charge in [0, 0.05) is 19.5 Å².